The summed E-state index contributed by atoms with van der Waals surface area (Å²) in [6.45, 7) is 4.79. The van der Waals surface area contributed by atoms with Gasteiger partial charge in [-0.3, -0.25) is 57.5 Å². The van der Waals surface area contributed by atoms with E-state index in [0.717, 1.165) is 62.7 Å². The maximum Gasteiger partial charge on any atom is 0.393 e. The van der Waals surface area contributed by atoms with Crippen molar-refractivity contribution in [3.8, 4) is 0 Å². The summed E-state index contributed by atoms with van der Waals surface area (Å²) in [6.07, 6.45) is 9.20. The highest BCUT2D eigenvalue weighted by atomic mass is 35.5. The molecule has 101 heavy (non-hydrogen) atoms. The van der Waals surface area contributed by atoms with E-state index in [4.69, 9.17) is 11.6 Å². The number of carbonyl (C=O) groups excluding carboxylic acids is 12. The van der Waals surface area contributed by atoms with Crippen LogP contribution in [0.4, 0.5) is 13.2 Å². The second kappa shape index (κ2) is 37.4. The van der Waals surface area contributed by atoms with Crippen LogP contribution in [0.5, 0.6) is 0 Å². The van der Waals surface area contributed by atoms with Gasteiger partial charge in [-0.05, 0) is 126 Å². The minimum absolute atomic E-state index is 0.00373. The molecule has 7 rings (SSSR count). The topological polar surface area (TPSA) is 270 Å². The first-order valence-corrected chi connectivity index (χ1v) is 38.3. The lowest BCUT2D eigenvalue weighted by Crippen LogP contribution is -2.65. The Bertz CT molecular complexity index is 2900. The van der Waals surface area contributed by atoms with Crippen LogP contribution in [0, 0.1) is 29.6 Å². The van der Waals surface area contributed by atoms with Crippen molar-refractivity contribution < 1.29 is 70.7 Å². The molecule has 3 heterocycles. The highest BCUT2D eigenvalue weighted by Gasteiger charge is 2.52. The summed E-state index contributed by atoms with van der Waals surface area (Å²) in [6, 6.07) is -8.46. The van der Waals surface area contributed by atoms with Gasteiger partial charge in [0.05, 0.1) is 32.0 Å². The molecule has 7 fully saturated rings. The lowest BCUT2D eigenvalue weighted by molar-refractivity contribution is -0.182. The third-order valence-corrected chi connectivity index (χ3v) is 24.1. The third kappa shape index (κ3) is 21.0. The Balaban J connectivity index is 1.27. The Kier molecular flexibility index (Phi) is 30.4. The maximum atomic E-state index is 15.8. The molecular formula is C73H118ClF3N12O12. The molecule has 4 saturated carbocycles. The monoisotopic (exact) mass is 1450 g/mol. The Morgan fingerprint density at radius 2 is 1.18 bits per heavy atom. The van der Waals surface area contributed by atoms with Crippen molar-refractivity contribution in [2.75, 3.05) is 88.6 Å². The van der Waals surface area contributed by atoms with Gasteiger partial charge in [0.1, 0.15) is 47.8 Å². The van der Waals surface area contributed by atoms with Crippen LogP contribution in [0.15, 0.2) is 0 Å². The fourth-order valence-electron chi connectivity index (χ4n) is 16.8. The van der Waals surface area contributed by atoms with Crippen molar-refractivity contribution in [2.24, 2.45) is 29.6 Å². The largest absolute Gasteiger partial charge is 0.393 e. The zero-order chi connectivity index (χ0) is 74.2. The van der Waals surface area contributed by atoms with E-state index in [-0.39, 0.29) is 88.5 Å². The fraction of sp³-hybridized carbons (Fsp3) is 0.836. The number of fused-ring (bicyclic) bond motifs is 1. The van der Waals surface area contributed by atoms with Gasteiger partial charge in [-0.1, -0.05) is 104 Å². The van der Waals surface area contributed by atoms with Crippen LogP contribution < -0.4 is 16.0 Å². The highest BCUT2D eigenvalue weighted by Crippen LogP contribution is 2.44. The smallest absolute Gasteiger partial charge is 0.343 e. The van der Waals surface area contributed by atoms with Gasteiger partial charge < -0.3 is 60.0 Å². The van der Waals surface area contributed by atoms with Crippen LogP contribution in [0.3, 0.4) is 0 Å². The van der Waals surface area contributed by atoms with Gasteiger partial charge in [0.25, 0.3) is 0 Å². The van der Waals surface area contributed by atoms with Gasteiger partial charge in [0.15, 0.2) is 0 Å². The Morgan fingerprint density at radius 1 is 0.574 bits per heavy atom. The van der Waals surface area contributed by atoms with Crippen LogP contribution in [-0.4, -0.2) is 263 Å². The zero-order valence-electron chi connectivity index (χ0n) is 61.9. The lowest BCUT2D eigenvalue weighted by atomic mass is 9.78. The second-order valence-corrected chi connectivity index (χ2v) is 31.3. The molecule has 0 aromatic rings. The number of nitrogens with one attached hydrogen (secondary N) is 3. The van der Waals surface area contributed by atoms with Gasteiger partial charge in [0, 0.05) is 74.3 Å². The average molecular weight is 1450 g/mol. The number of halogens is 4. The summed E-state index contributed by atoms with van der Waals surface area (Å²) in [4.78, 5) is 191. The van der Waals surface area contributed by atoms with Crippen molar-refractivity contribution in [1.29, 1.82) is 0 Å². The van der Waals surface area contributed by atoms with Crippen LogP contribution in [-0.2, 0) is 57.5 Å². The molecule has 0 bridgehead atoms. The number of unbranched alkanes of at least 4 members (excludes halogenated alkanes) is 1. The van der Waals surface area contributed by atoms with Gasteiger partial charge >= 0.3 is 6.18 Å². The third-order valence-electron chi connectivity index (χ3n) is 23.6. The quantitative estimate of drug-likeness (QED) is 0.174. The molecule has 28 heteroatoms. The number of carbonyl (C=O) groups is 12. The van der Waals surface area contributed by atoms with Crippen LogP contribution in [0.25, 0.3) is 0 Å². The molecule has 3 N–H and O–H groups in total. The van der Waals surface area contributed by atoms with Gasteiger partial charge in [-0.25, -0.2) is 0 Å². The minimum Gasteiger partial charge on any atom is -0.343 e. The molecular weight excluding hydrogens is 1330 g/mol. The molecule has 11 atom stereocenters. The summed E-state index contributed by atoms with van der Waals surface area (Å²) < 4.78 is 42.1. The molecule has 3 aliphatic heterocycles. The van der Waals surface area contributed by atoms with Crippen LogP contribution in [0.2, 0.25) is 0 Å². The molecule has 3 saturated heterocycles. The minimum atomic E-state index is -4.51. The van der Waals surface area contributed by atoms with Gasteiger partial charge in [0.2, 0.25) is 70.9 Å². The number of alkyl halides is 4. The number of rotatable bonds is 12. The molecule has 12 amide bonds. The Labute approximate surface area is 601 Å². The van der Waals surface area contributed by atoms with E-state index in [9.17, 15) is 41.9 Å². The van der Waals surface area contributed by atoms with Crippen LogP contribution in [0.1, 0.15) is 213 Å². The first kappa shape index (κ1) is 82.0. The predicted molar refractivity (Wildman–Crippen MR) is 375 cm³/mol. The number of hydrogen-bond acceptors (Lipinski definition) is 12. The zero-order valence-corrected chi connectivity index (χ0v) is 62.7. The number of piperidine rings is 1. The summed E-state index contributed by atoms with van der Waals surface area (Å²) in [5.41, 5.74) is -1.55. The lowest BCUT2D eigenvalue weighted by Gasteiger charge is -2.43. The average Bonchev–Trinajstić information content (AvgIpc) is 1.76. The van der Waals surface area contributed by atoms with E-state index in [1.165, 1.54) is 83.6 Å². The predicted octanol–water partition coefficient (Wildman–Crippen LogP) is 6.63. The SMILES string of the molecule is CCCC[C@H]1C(=O)N[C@@H]([C@@H](C)CC)C(=O)N(C)CC(=O)N(C)CC(=O)N(C)[C@@H](CC2CCCCC2)C(=O)N(C)CC(=O)N[C@@H](CCC2CCC(C(F)(F)F)C(Cl)C2)C(=O)N2CCC[C@H]2C(=O)NC2(CCCC2)C(=O)N(C)[C@@H](C2CCCCC2)C(=O)N(C)[C@H](C(=O)N2CCCCC2)CC(=O)N1C. The van der Waals surface area contributed by atoms with Crippen molar-refractivity contribution in [3.63, 3.8) is 0 Å². The molecule has 0 radical (unpaired) electrons. The number of amides is 12. The maximum absolute atomic E-state index is 15.8. The van der Waals surface area contributed by atoms with E-state index in [1.54, 1.807) is 11.8 Å². The summed E-state index contributed by atoms with van der Waals surface area (Å²) in [5.74, 6) is -10.2. The highest BCUT2D eigenvalue weighted by molar-refractivity contribution is 6.21. The summed E-state index contributed by atoms with van der Waals surface area (Å²) in [5, 5.41) is 7.66. The normalized spacial score (nSPS) is 29.9. The van der Waals surface area contributed by atoms with E-state index >= 15 is 28.8 Å². The van der Waals surface area contributed by atoms with E-state index in [2.05, 4.69) is 16.0 Å². The summed E-state index contributed by atoms with van der Waals surface area (Å²) in [7, 11) is 10.1. The Morgan fingerprint density at radius 3 is 1.79 bits per heavy atom. The molecule has 0 aromatic heterocycles. The van der Waals surface area contributed by atoms with Crippen molar-refractivity contribution in [1.82, 2.24) is 60.0 Å². The number of likely N-dealkylation sites (tertiary alicyclic amines) is 1. The number of nitrogens with zero attached hydrogens (tertiary/aromatic N) is 9. The van der Waals surface area contributed by atoms with Gasteiger partial charge in [-0.2, -0.15) is 13.2 Å². The number of hydrogen-bond donors (Lipinski definition) is 3. The van der Waals surface area contributed by atoms with Crippen LogP contribution >= 0.6 is 11.6 Å². The standard InChI is InChI=1S/C73H118ClF3N12O12/c1-11-13-30-54-64(94)79-62(47(3)12-2)69(99)83(6)45-60(92)81(4)46-61(93)85(8)56(42-48-26-17-14-18-27-48)67(97)82(5)44-58(90)78-53(35-33-49-32-34-51(52(74)41-49)73(75,76)77)66(96)89-40-25-31-55(89)65(95)80-72(36-21-22-37-72)71(101)87(10)63(50-28-19-15-20-29-50)70(100)86(9)57(43-59(91)84(54)7)68(98)88-38-23-16-24-39-88/h47-57,62-63H,11-46H2,1-10H3,(H,78,90)(H,79,94)(H,80,95)/t47-,49?,51?,52?,53-,54-,55-,56-,57-,62-,63-/m0/s1. The molecule has 0 aromatic carbocycles. The Hall–Kier alpha value is -6.28. The first-order chi connectivity index (χ1) is 47.8. The van der Waals surface area contributed by atoms with Gasteiger partial charge in [-0.15, -0.1) is 11.6 Å². The van der Waals surface area contributed by atoms with Crippen molar-refractivity contribution in [3.05, 3.63) is 0 Å². The molecule has 3 unspecified atom stereocenters. The van der Waals surface area contributed by atoms with E-state index < -0.39 is 168 Å². The number of likely N-dealkylation sites (N-methyl/N-ethyl adjacent to an activating group) is 7. The fourth-order valence-corrected chi connectivity index (χ4v) is 17.4. The van der Waals surface area contributed by atoms with Crippen molar-refractivity contribution in [2.45, 2.75) is 273 Å². The summed E-state index contributed by atoms with van der Waals surface area (Å²) >= 11 is 6.41. The van der Waals surface area contributed by atoms with E-state index in [1.807, 2.05) is 13.8 Å². The first-order valence-electron chi connectivity index (χ1n) is 37.8. The molecule has 570 valence electrons. The van der Waals surface area contributed by atoms with Crippen molar-refractivity contribution >= 4 is 82.5 Å². The second-order valence-electron chi connectivity index (χ2n) is 30.8. The molecule has 7 aliphatic rings. The van der Waals surface area contributed by atoms with E-state index in [0.29, 0.717) is 77.3 Å². The molecule has 1 spiro atoms. The molecule has 24 nitrogen and oxygen atoms in total. The molecule has 4 aliphatic carbocycles.